The molecule has 0 radical (unpaired) electrons. The van der Waals surface area contributed by atoms with Gasteiger partial charge >= 0.3 is 0 Å². The zero-order chi connectivity index (χ0) is 15.7. The first-order valence-corrected chi connectivity index (χ1v) is 8.70. The normalized spacial score (nSPS) is 10.7. The molecule has 1 N–H and O–H groups in total. The van der Waals surface area contributed by atoms with Crippen molar-refractivity contribution < 1.29 is 4.79 Å². The van der Waals surface area contributed by atoms with Crippen LogP contribution in [0.5, 0.6) is 0 Å². The Balaban J connectivity index is 1.80. The molecule has 3 rings (SSSR count). The van der Waals surface area contributed by atoms with Gasteiger partial charge in [0.1, 0.15) is 10.8 Å². The number of halogens is 3. The number of pyridine rings is 1. The summed E-state index contributed by atoms with van der Waals surface area (Å²) in [4.78, 5) is 21.4. The third-order valence-electron chi connectivity index (χ3n) is 2.58. The molecule has 112 valence electrons. The first-order chi connectivity index (χ1) is 10.5. The Morgan fingerprint density at radius 2 is 1.91 bits per heavy atom. The summed E-state index contributed by atoms with van der Waals surface area (Å²) in [6.07, 6.45) is 0. The van der Waals surface area contributed by atoms with Crippen LogP contribution in [0.2, 0.25) is 14.5 Å². The Bertz CT molecular complexity index is 847. The standard InChI is InChI=1S/C13H6Cl3N3OS2/c14-6-1-3-9(15)18-11(6)12(20)19-13-17-7(5-21-13)8-2-4-10(16)22-8/h1-5H,(H,17,19,20). The lowest BCUT2D eigenvalue weighted by atomic mass is 10.3. The summed E-state index contributed by atoms with van der Waals surface area (Å²) < 4.78 is 0.684. The summed E-state index contributed by atoms with van der Waals surface area (Å²) in [5.41, 5.74) is 0.812. The number of anilines is 1. The van der Waals surface area contributed by atoms with E-state index in [0.29, 0.717) is 9.47 Å². The highest BCUT2D eigenvalue weighted by Crippen LogP contribution is 2.33. The number of aromatic nitrogens is 2. The minimum Gasteiger partial charge on any atom is -0.296 e. The van der Waals surface area contributed by atoms with Crippen molar-refractivity contribution in [2.45, 2.75) is 0 Å². The fourth-order valence-electron chi connectivity index (χ4n) is 1.63. The molecular weight excluding hydrogens is 385 g/mol. The highest BCUT2D eigenvalue weighted by molar-refractivity contribution is 7.20. The topological polar surface area (TPSA) is 54.9 Å². The molecule has 0 spiro atoms. The lowest BCUT2D eigenvalue weighted by molar-refractivity contribution is 0.102. The molecule has 3 aromatic heterocycles. The van der Waals surface area contributed by atoms with E-state index in [1.807, 2.05) is 11.4 Å². The number of carbonyl (C=O) groups excluding carboxylic acids is 1. The van der Waals surface area contributed by atoms with Gasteiger partial charge in [0.15, 0.2) is 5.13 Å². The molecule has 0 saturated carbocycles. The summed E-state index contributed by atoms with van der Waals surface area (Å²) in [5, 5.41) is 5.36. The molecule has 0 unspecified atom stereocenters. The molecule has 0 bridgehead atoms. The molecule has 0 aromatic carbocycles. The van der Waals surface area contributed by atoms with Crippen molar-refractivity contribution in [1.82, 2.24) is 9.97 Å². The van der Waals surface area contributed by atoms with Gasteiger partial charge in [-0.3, -0.25) is 10.1 Å². The number of rotatable bonds is 3. The number of thiophene rings is 1. The van der Waals surface area contributed by atoms with Crippen LogP contribution >= 0.6 is 57.5 Å². The van der Waals surface area contributed by atoms with Gasteiger partial charge in [-0.2, -0.15) is 0 Å². The van der Waals surface area contributed by atoms with Gasteiger partial charge in [0.05, 0.1) is 19.9 Å². The summed E-state index contributed by atoms with van der Waals surface area (Å²) in [7, 11) is 0. The van der Waals surface area contributed by atoms with Crippen molar-refractivity contribution in [3.05, 3.63) is 49.9 Å². The monoisotopic (exact) mass is 389 g/mol. The van der Waals surface area contributed by atoms with Crippen molar-refractivity contribution in [1.29, 1.82) is 0 Å². The number of carbonyl (C=O) groups is 1. The number of hydrogen-bond acceptors (Lipinski definition) is 5. The third-order valence-corrected chi connectivity index (χ3v) is 5.10. The molecule has 0 aliphatic heterocycles. The molecule has 22 heavy (non-hydrogen) atoms. The molecule has 4 nitrogen and oxygen atoms in total. The molecule has 0 aliphatic rings. The Hall–Kier alpha value is -1.18. The number of hydrogen-bond donors (Lipinski definition) is 1. The van der Waals surface area contributed by atoms with Gasteiger partial charge in [-0.05, 0) is 24.3 Å². The third kappa shape index (κ3) is 3.42. The van der Waals surface area contributed by atoms with E-state index in [-0.39, 0.29) is 15.9 Å². The van der Waals surface area contributed by atoms with Gasteiger partial charge < -0.3 is 0 Å². The number of nitrogens with one attached hydrogen (secondary N) is 1. The zero-order valence-corrected chi connectivity index (χ0v) is 14.5. The van der Waals surface area contributed by atoms with E-state index in [2.05, 4.69) is 15.3 Å². The number of nitrogens with zero attached hydrogens (tertiary/aromatic N) is 2. The van der Waals surface area contributed by atoms with Crippen LogP contribution in [0.4, 0.5) is 5.13 Å². The van der Waals surface area contributed by atoms with Gasteiger partial charge in [0.2, 0.25) is 0 Å². The summed E-state index contributed by atoms with van der Waals surface area (Å²) in [6.45, 7) is 0. The van der Waals surface area contributed by atoms with Crippen molar-refractivity contribution in [2.75, 3.05) is 5.32 Å². The van der Waals surface area contributed by atoms with Crippen LogP contribution in [0.3, 0.4) is 0 Å². The second-order valence-electron chi connectivity index (χ2n) is 4.06. The smallest absolute Gasteiger partial charge is 0.277 e. The van der Waals surface area contributed by atoms with E-state index < -0.39 is 5.91 Å². The lowest BCUT2D eigenvalue weighted by Gasteiger charge is -2.03. The maximum atomic E-state index is 12.2. The van der Waals surface area contributed by atoms with E-state index in [1.54, 1.807) is 6.07 Å². The van der Waals surface area contributed by atoms with Gasteiger partial charge in [-0.15, -0.1) is 22.7 Å². The van der Waals surface area contributed by atoms with Crippen molar-refractivity contribution in [3.63, 3.8) is 0 Å². The minimum absolute atomic E-state index is 0.0603. The Morgan fingerprint density at radius 1 is 1.09 bits per heavy atom. The molecule has 3 aromatic rings. The largest absolute Gasteiger partial charge is 0.296 e. The SMILES string of the molecule is O=C(Nc1nc(-c2ccc(Cl)s2)cs1)c1nc(Cl)ccc1Cl. The van der Waals surface area contributed by atoms with E-state index >= 15 is 0 Å². The highest BCUT2D eigenvalue weighted by Gasteiger charge is 2.15. The number of amides is 1. The van der Waals surface area contributed by atoms with E-state index in [1.165, 1.54) is 34.8 Å². The van der Waals surface area contributed by atoms with Crippen molar-refractivity contribution in [3.8, 4) is 10.6 Å². The quantitative estimate of drug-likeness (QED) is 0.602. The average Bonchev–Trinajstić information content (AvgIpc) is 3.10. The van der Waals surface area contributed by atoms with E-state index in [4.69, 9.17) is 34.8 Å². The molecular formula is C13H6Cl3N3OS2. The fraction of sp³-hybridized carbons (Fsp3) is 0. The second kappa shape index (κ2) is 6.52. The zero-order valence-electron chi connectivity index (χ0n) is 10.6. The van der Waals surface area contributed by atoms with Crippen LogP contribution in [0.15, 0.2) is 29.6 Å². The Labute approximate surface area is 148 Å². The number of thiazole rings is 1. The molecule has 3 heterocycles. The summed E-state index contributed by atoms with van der Waals surface area (Å²) in [5.74, 6) is -0.461. The van der Waals surface area contributed by atoms with Crippen LogP contribution < -0.4 is 5.32 Å². The molecule has 1 amide bonds. The molecule has 0 fully saturated rings. The molecule has 9 heteroatoms. The van der Waals surface area contributed by atoms with Crippen LogP contribution in [-0.4, -0.2) is 15.9 Å². The van der Waals surface area contributed by atoms with Crippen LogP contribution in [0, 0.1) is 0 Å². The maximum absolute atomic E-state index is 12.2. The Morgan fingerprint density at radius 3 is 2.64 bits per heavy atom. The van der Waals surface area contributed by atoms with Crippen molar-refractivity contribution in [2.24, 2.45) is 0 Å². The molecule has 0 saturated heterocycles. The maximum Gasteiger partial charge on any atom is 0.277 e. The van der Waals surface area contributed by atoms with Gasteiger partial charge in [0, 0.05) is 5.38 Å². The molecule has 0 aliphatic carbocycles. The predicted molar refractivity (Wildman–Crippen MR) is 92.6 cm³/mol. The second-order valence-corrected chi connectivity index (χ2v) is 7.43. The average molecular weight is 391 g/mol. The minimum atomic E-state index is -0.461. The van der Waals surface area contributed by atoms with Gasteiger partial charge in [-0.1, -0.05) is 34.8 Å². The van der Waals surface area contributed by atoms with Crippen LogP contribution in [-0.2, 0) is 0 Å². The van der Waals surface area contributed by atoms with E-state index in [9.17, 15) is 4.79 Å². The summed E-state index contributed by atoms with van der Waals surface area (Å²) in [6, 6.07) is 6.72. The van der Waals surface area contributed by atoms with E-state index in [0.717, 1.165) is 10.6 Å². The lowest BCUT2D eigenvalue weighted by Crippen LogP contribution is -2.14. The first-order valence-electron chi connectivity index (χ1n) is 5.87. The molecule has 0 atom stereocenters. The highest BCUT2D eigenvalue weighted by atomic mass is 35.5. The summed E-state index contributed by atoms with van der Waals surface area (Å²) >= 11 is 20.4. The van der Waals surface area contributed by atoms with Crippen molar-refractivity contribution >= 4 is 68.5 Å². The predicted octanol–water partition coefficient (Wildman–Crippen LogP) is 5.48. The first kappa shape index (κ1) is 15.7. The van der Waals surface area contributed by atoms with Crippen LogP contribution in [0.1, 0.15) is 10.5 Å². The Kier molecular flexibility index (Phi) is 4.65. The van der Waals surface area contributed by atoms with Crippen LogP contribution in [0.25, 0.3) is 10.6 Å². The fourth-order valence-corrected chi connectivity index (χ4v) is 3.75. The van der Waals surface area contributed by atoms with Gasteiger partial charge in [0.25, 0.3) is 5.91 Å². The van der Waals surface area contributed by atoms with Gasteiger partial charge in [-0.25, -0.2) is 9.97 Å².